The van der Waals surface area contributed by atoms with E-state index in [0.29, 0.717) is 18.6 Å². The molecule has 3 rings (SSSR count). The SMILES string of the molecule is FC(F)(F)c1cccc2c1CCC(OC1CCCCC1)O2. The number of hydrogen-bond donors (Lipinski definition) is 0. The van der Waals surface area contributed by atoms with Gasteiger partial charge in [0.1, 0.15) is 5.75 Å². The fourth-order valence-electron chi connectivity index (χ4n) is 3.17. The predicted molar refractivity (Wildman–Crippen MR) is 72.1 cm³/mol. The number of rotatable bonds is 2. The molecule has 1 unspecified atom stereocenters. The van der Waals surface area contributed by atoms with Gasteiger partial charge in [-0.15, -0.1) is 0 Å². The van der Waals surface area contributed by atoms with Crippen LogP contribution in [0, 0.1) is 0 Å². The van der Waals surface area contributed by atoms with E-state index in [1.807, 2.05) is 0 Å². The van der Waals surface area contributed by atoms with Crippen molar-refractivity contribution in [3.63, 3.8) is 0 Å². The van der Waals surface area contributed by atoms with Crippen molar-refractivity contribution in [3.8, 4) is 5.75 Å². The van der Waals surface area contributed by atoms with Gasteiger partial charge < -0.3 is 9.47 Å². The normalized spacial score (nSPS) is 23.5. The van der Waals surface area contributed by atoms with Crippen molar-refractivity contribution >= 4 is 0 Å². The van der Waals surface area contributed by atoms with Gasteiger partial charge in [-0.1, -0.05) is 25.3 Å². The van der Waals surface area contributed by atoms with E-state index in [0.717, 1.165) is 31.7 Å². The van der Waals surface area contributed by atoms with Crippen LogP contribution in [0.1, 0.15) is 49.7 Å². The molecule has 0 radical (unpaired) electrons. The highest BCUT2D eigenvalue weighted by molar-refractivity contribution is 5.43. The minimum atomic E-state index is -4.33. The number of halogens is 3. The highest BCUT2D eigenvalue weighted by Crippen LogP contribution is 2.39. The number of fused-ring (bicyclic) bond motifs is 1. The second kappa shape index (κ2) is 5.87. The first-order valence-electron chi connectivity index (χ1n) is 7.55. The first-order chi connectivity index (χ1) is 10.0. The van der Waals surface area contributed by atoms with Gasteiger partial charge in [0.25, 0.3) is 0 Å². The third-order valence-electron chi connectivity index (χ3n) is 4.22. The second-order valence-corrected chi connectivity index (χ2v) is 5.76. The first kappa shape index (κ1) is 14.7. The molecule has 2 aliphatic rings. The number of ether oxygens (including phenoxy) is 2. The Morgan fingerprint density at radius 1 is 1.05 bits per heavy atom. The van der Waals surface area contributed by atoms with Crippen LogP contribution in [0.4, 0.5) is 13.2 Å². The summed E-state index contributed by atoms with van der Waals surface area (Å²) >= 11 is 0. The molecule has 2 nitrogen and oxygen atoms in total. The van der Waals surface area contributed by atoms with Crippen molar-refractivity contribution < 1.29 is 22.6 Å². The highest BCUT2D eigenvalue weighted by atomic mass is 19.4. The largest absolute Gasteiger partial charge is 0.465 e. The fourth-order valence-corrected chi connectivity index (χ4v) is 3.17. The molecule has 116 valence electrons. The van der Waals surface area contributed by atoms with Crippen molar-refractivity contribution in [1.82, 2.24) is 0 Å². The summed E-state index contributed by atoms with van der Waals surface area (Å²) in [5.74, 6) is 0.317. The summed E-state index contributed by atoms with van der Waals surface area (Å²) in [5, 5.41) is 0. The van der Waals surface area contributed by atoms with Crippen molar-refractivity contribution in [2.24, 2.45) is 0 Å². The second-order valence-electron chi connectivity index (χ2n) is 5.76. The van der Waals surface area contributed by atoms with Crippen LogP contribution in [-0.4, -0.2) is 12.4 Å². The zero-order chi connectivity index (χ0) is 14.9. The highest BCUT2D eigenvalue weighted by Gasteiger charge is 2.36. The summed E-state index contributed by atoms with van der Waals surface area (Å²) in [6.45, 7) is 0. The number of alkyl halides is 3. The molecule has 0 amide bonds. The van der Waals surface area contributed by atoms with Crippen molar-refractivity contribution in [2.75, 3.05) is 0 Å². The maximum absolute atomic E-state index is 13.0. The molecule has 1 aliphatic heterocycles. The molecule has 5 heteroatoms. The number of hydrogen-bond acceptors (Lipinski definition) is 2. The Balaban J connectivity index is 1.71. The molecular formula is C16H19F3O2. The van der Waals surface area contributed by atoms with E-state index in [9.17, 15) is 13.2 Å². The van der Waals surface area contributed by atoms with E-state index in [1.165, 1.54) is 12.5 Å². The summed E-state index contributed by atoms with van der Waals surface area (Å²) in [6.07, 6.45) is 1.89. The van der Waals surface area contributed by atoms with Gasteiger partial charge >= 0.3 is 6.18 Å². The lowest BCUT2D eigenvalue weighted by atomic mass is 9.97. The minimum absolute atomic E-state index is 0.191. The fraction of sp³-hybridized carbons (Fsp3) is 0.625. The lowest BCUT2D eigenvalue weighted by Gasteiger charge is -2.32. The lowest BCUT2D eigenvalue weighted by molar-refractivity contribution is -0.145. The van der Waals surface area contributed by atoms with Gasteiger partial charge in [-0.05, 0) is 31.4 Å². The maximum atomic E-state index is 13.0. The van der Waals surface area contributed by atoms with E-state index in [1.54, 1.807) is 6.07 Å². The van der Waals surface area contributed by atoms with Crippen LogP contribution >= 0.6 is 0 Å². The van der Waals surface area contributed by atoms with Gasteiger partial charge in [0.05, 0.1) is 11.7 Å². The van der Waals surface area contributed by atoms with E-state index in [4.69, 9.17) is 9.47 Å². The predicted octanol–water partition coefficient (Wildman–Crippen LogP) is 4.71. The quantitative estimate of drug-likeness (QED) is 0.787. The zero-order valence-corrected chi connectivity index (χ0v) is 11.8. The molecular weight excluding hydrogens is 281 g/mol. The van der Waals surface area contributed by atoms with Crippen molar-refractivity contribution in [2.45, 2.75) is 63.5 Å². The molecule has 1 aromatic carbocycles. The summed E-state index contributed by atoms with van der Waals surface area (Å²) in [4.78, 5) is 0. The molecule has 1 aliphatic carbocycles. The average Bonchev–Trinajstić information content (AvgIpc) is 2.46. The van der Waals surface area contributed by atoms with Crippen LogP contribution in [0.5, 0.6) is 5.75 Å². The summed E-state index contributed by atoms with van der Waals surface area (Å²) in [6, 6.07) is 4.11. The average molecular weight is 300 g/mol. The Labute approximate surface area is 122 Å². The first-order valence-corrected chi connectivity index (χ1v) is 7.55. The van der Waals surface area contributed by atoms with E-state index >= 15 is 0 Å². The molecule has 0 saturated heterocycles. The van der Waals surface area contributed by atoms with Gasteiger partial charge in [-0.25, -0.2) is 0 Å². The summed E-state index contributed by atoms with van der Waals surface area (Å²) < 4.78 is 50.4. The van der Waals surface area contributed by atoms with Gasteiger partial charge in [-0.3, -0.25) is 0 Å². The molecule has 1 fully saturated rings. The van der Waals surface area contributed by atoms with Crippen molar-refractivity contribution in [3.05, 3.63) is 29.3 Å². The van der Waals surface area contributed by atoms with Crippen LogP contribution in [0.2, 0.25) is 0 Å². The Kier molecular flexibility index (Phi) is 4.11. The molecule has 0 N–H and O–H groups in total. The number of benzene rings is 1. The Morgan fingerprint density at radius 2 is 1.81 bits per heavy atom. The maximum Gasteiger partial charge on any atom is 0.416 e. The smallest absolute Gasteiger partial charge is 0.416 e. The van der Waals surface area contributed by atoms with Crippen LogP contribution in [0.25, 0.3) is 0 Å². The van der Waals surface area contributed by atoms with Gasteiger partial charge in [0.2, 0.25) is 0 Å². The Hall–Kier alpha value is -1.23. The van der Waals surface area contributed by atoms with Crippen LogP contribution in [-0.2, 0) is 17.3 Å². The van der Waals surface area contributed by atoms with E-state index in [2.05, 4.69) is 0 Å². The topological polar surface area (TPSA) is 18.5 Å². The van der Waals surface area contributed by atoms with Crippen molar-refractivity contribution in [1.29, 1.82) is 0 Å². The Morgan fingerprint density at radius 3 is 2.52 bits per heavy atom. The van der Waals surface area contributed by atoms with Crippen LogP contribution < -0.4 is 4.74 Å². The molecule has 21 heavy (non-hydrogen) atoms. The molecule has 0 bridgehead atoms. The van der Waals surface area contributed by atoms with Gasteiger partial charge in [0, 0.05) is 12.0 Å². The van der Waals surface area contributed by atoms with Gasteiger partial charge in [-0.2, -0.15) is 13.2 Å². The minimum Gasteiger partial charge on any atom is -0.465 e. The van der Waals surface area contributed by atoms with E-state index in [-0.39, 0.29) is 11.7 Å². The molecule has 1 saturated carbocycles. The third-order valence-corrected chi connectivity index (χ3v) is 4.22. The van der Waals surface area contributed by atoms with Gasteiger partial charge in [0.15, 0.2) is 6.29 Å². The third kappa shape index (κ3) is 3.34. The molecule has 1 atom stereocenters. The van der Waals surface area contributed by atoms with Crippen LogP contribution in [0.3, 0.4) is 0 Å². The molecule has 1 aromatic rings. The monoisotopic (exact) mass is 300 g/mol. The molecule has 1 heterocycles. The standard InChI is InChI=1S/C16H19F3O2/c17-16(18,19)13-7-4-8-14-12(13)9-10-15(21-14)20-11-5-2-1-3-6-11/h4,7-8,11,15H,1-3,5-6,9-10H2. The Bertz CT molecular complexity index is 493. The lowest BCUT2D eigenvalue weighted by Crippen LogP contribution is -2.32. The summed E-state index contributed by atoms with van der Waals surface area (Å²) in [5.41, 5.74) is -0.329. The molecule has 0 aromatic heterocycles. The summed E-state index contributed by atoms with van der Waals surface area (Å²) in [7, 11) is 0. The molecule has 0 spiro atoms. The van der Waals surface area contributed by atoms with Crippen LogP contribution in [0.15, 0.2) is 18.2 Å². The zero-order valence-electron chi connectivity index (χ0n) is 11.8. The van der Waals surface area contributed by atoms with E-state index < -0.39 is 18.0 Å².